The molecule has 0 saturated carbocycles. The van der Waals surface area contributed by atoms with Crippen molar-refractivity contribution in [2.24, 2.45) is 0 Å². The molecule has 0 aromatic heterocycles. The first-order valence-corrected chi connectivity index (χ1v) is 8.56. The van der Waals surface area contributed by atoms with Gasteiger partial charge in [0.25, 0.3) is 0 Å². The molecular weight excluding hydrogens is 256 g/mol. The Morgan fingerprint density at radius 3 is 2.48 bits per heavy atom. The molecule has 3 atom stereocenters. The monoisotopic (exact) mass is 286 g/mol. The fourth-order valence-corrected chi connectivity index (χ4v) is 3.97. The lowest BCUT2D eigenvalue weighted by molar-refractivity contribution is 0.291. The summed E-state index contributed by atoms with van der Waals surface area (Å²) in [6, 6.07) is 11.1. The molecule has 0 spiro atoms. The molecule has 2 aliphatic heterocycles. The highest BCUT2D eigenvalue weighted by molar-refractivity contribution is 5.29. The van der Waals surface area contributed by atoms with E-state index in [2.05, 4.69) is 62.2 Å². The lowest BCUT2D eigenvalue weighted by atomic mass is 9.86. The molecule has 1 aromatic carbocycles. The Balaban J connectivity index is 1.64. The van der Waals surface area contributed by atoms with Crippen LogP contribution < -0.4 is 5.32 Å². The van der Waals surface area contributed by atoms with Crippen LogP contribution in [0.2, 0.25) is 0 Å². The third kappa shape index (κ3) is 3.17. The van der Waals surface area contributed by atoms with E-state index in [0.29, 0.717) is 12.1 Å². The molecule has 2 heteroatoms. The number of fused-ring (bicyclic) bond motifs is 1. The van der Waals surface area contributed by atoms with E-state index in [0.717, 1.165) is 6.04 Å². The van der Waals surface area contributed by atoms with Crippen LogP contribution in [-0.2, 0) is 5.41 Å². The molecule has 21 heavy (non-hydrogen) atoms. The number of rotatable bonds is 3. The third-order valence-corrected chi connectivity index (χ3v) is 5.35. The quantitative estimate of drug-likeness (QED) is 0.907. The molecule has 2 nitrogen and oxygen atoms in total. The zero-order valence-corrected chi connectivity index (χ0v) is 14.0. The number of nitrogens with zero attached hydrogens (tertiary/aromatic N) is 1. The molecular formula is C19H30N2. The molecule has 2 saturated heterocycles. The van der Waals surface area contributed by atoms with Gasteiger partial charge < -0.3 is 5.32 Å². The SMILES string of the molecule is CC(NC1CCN2CCCC12)c1ccc(C(C)(C)C)cc1. The van der Waals surface area contributed by atoms with Crippen LogP contribution >= 0.6 is 0 Å². The van der Waals surface area contributed by atoms with Crippen LogP contribution in [0.5, 0.6) is 0 Å². The zero-order chi connectivity index (χ0) is 15.0. The summed E-state index contributed by atoms with van der Waals surface area (Å²) in [5.74, 6) is 0. The molecule has 3 rings (SSSR count). The second-order valence-corrected chi connectivity index (χ2v) is 7.90. The highest BCUT2D eigenvalue weighted by atomic mass is 15.2. The van der Waals surface area contributed by atoms with Crippen molar-refractivity contribution < 1.29 is 0 Å². The summed E-state index contributed by atoms with van der Waals surface area (Å²) >= 11 is 0. The van der Waals surface area contributed by atoms with Crippen LogP contribution in [0.3, 0.4) is 0 Å². The standard InChI is InChI=1S/C19H30N2/c1-14(15-7-9-16(10-8-15)19(2,3)4)20-17-11-13-21-12-5-6-18(17)21/h7-10,14,17-18,20H,5-6,11-13H2,1-4H3. The minimum absolute atomic E-state index is 0.241. The van der Waals surface area contributed by atoms with E-state index in [-0.39, 0.29) is 5.41 Å². The van der Waals surface area contributed by atoms with Gasteiger partial charge in [-0.2, -0.15) is 0 Å². The fraction of sp³-hybridized carbons (Fsp3) is 0.684. The Bertz CT molecular complexity index is 471. The van der Waals surface area contributed by atoms with Crippen molar-refractivity contribution in [3.63, 3.8) is 0 Å². The molecule has 0 radical (unpaired) electrons. The van der Waals surface area contributed by atoms with E-state index in [9.17, 15) is 0 Å². The summed E-state index contributed by atoms with van der Waals surface area (Å²) in [7, 11) is 0. The fourth-order valence-electron chi connectivity index (χ4n) is 3.97. The Hall–Kier alpha value is -0.860. The number of nitrogens with one attached hydrogen (secondary N) is 1. The normalized spacial score (nSPS) is 27.8. The minimum Gasteiger partial charge on any atom is -0.306 e. The predicted octanol–water partition coefficient (Wildman–Crippen LogP) is 3.87. The molecule has 2 aliphatic rings. The summed E-state index contributed by atoms with van der Waals surface area (Å²) in [4.78, 5) is 2.67. The lowest BCUT2D eigenvalue weighted by Crippen LogP contribution is -2.40. The number of benzene rings is 1. The van der Waals surface area contributed by atoms with Crippen molar-refractivity contribution in [3.8, 4) is 0 Å². The lowest BCUT2D eigenvalue weighted by Gasteiger charge is -2.26. The summed E-state index contributed by atoms with van der Waals surface area (Å²) in [5, 5.41) is 3.88. The van der Waals surface area contributed by atoms with Crippen molar-refractivity contribution in [1.82, 2.24) is 10.2 Å². The molecule has 0 bridgehead atoms. The first kappa shape index (κ1) is 15.1. The van der Waals surface area contributed by atoms with Crippen LogP contribution in [0.1, 0.15) is 64.1 Å². The summed E-state index contributed by atoms with van der Waals surface area (Å²) in [6.07, 6.45) is 4.08. The number of hydrogen-bond donors (Lipinski definition) is 1. The summed E-state index contributed by atoms with van der Waals surface area (Å²) in [5.41, 5.74) is 3.08. The second kappa shape index (κ2) is 5.73. The van der Waals surface area contributed by atoms with Crippen LogP contribution in [0.25, 0.3) is 0 Å². The Morgan fingerprint density at radius 2 is 1.81 bits per heavy atom. The highest BCUT2D eigenvalue weighted by Gasteiger charge is 2.37. The maximum atomic E-state index is 3.88. The molecule has 2 heterocycles. The van der Waals surface area contributed by atoms with Crippen molar-refractivity contribution >= 4 is 0 Å². The van der Waals surface area contributed by atoms with E-state index in [1.165, 1.54) is 43.5 Å². The zero-order valence-electron chi connectivity index (χ0n) is 14.0. The van der Waals surface area contributed by atoms with E-state index < -0.39 is 0 Å². The molecule has 0 aliphatic carbocycles. The Labute approximate surface area is 129 Å². The summed E-state index contributed by atoms with van der Waals surface area (Å²) in [6.45, 7) is 11.7. The maximum Gasteiger partial charge on any atom is 0.0295 e. The van der Waals surface area contributed by atoms with Crippen molar-refractivity contribution in [2.45, 2.75) is 70.5 Å². The van der Waals surface area contributed by atoms with Gasteiger partial charge in [-0.15, -0.1) is 0 Å². The topological polar surface area (TPSA) is 15.3 Å². The van der Waals surface area contributed by atoms with Crippen LogP contribution in [0.4, 0.5) is 0 Å². The Kier molecular flexibility index (Phi) is 4.11. The average Bonchev–Trinajstić information content (AvgIpc) is 3.03. The van der Waals surface area contributed by atoms with Crippen molar-refractivity contribution in [1.29, 1.82) is 0 Å². The number of hydrogen-bond acceptors (Lipinski definition) is 2. The van der Waals surface area contributed by atoms with Gasteiger partial charge >= 0.3 is 0 Å². The van der Waals surface area contributed by atoms with Gasteiger partial charge in [-0.1, -0.05) is 45.0 Å². The average molecular weight is 286 g/mol. The van der Waals surface area contributed by atoms with Crippen LogP contribution in [0, 0.1) is 0 Å². The molecule has 3 unspecified atom stereocenters. The van der Waals surface area contributed by atoms with E-state index in [1.54, 1.807) is 0 Å². The van der Waals surface area contributed by atoms with Gasteiger partial charge in [-0.25, -0.2) is 0 Å². The first-order valence-electron chi connectivity index (χ1n) is 8.56. The smallest absolute Gasteiger partial charge is 0.0295 e. The minimum atomic E-state index is 0.241. The molecule has 0 amide bonds. The second-order valence-electron chi connectivity index (χ2n) is 7.90. The predicted molar refractivity (Wildman–Crippen MR) is 89.7 cm³/mol. The van der Waals surface area contributed by atoms with Gasteiger partial charge in [0.15, 0.2) is 0 Å². The van der Waals surface area contributed by atoms with Gasteiger partial charge in [-0.3, -0.25) is 4.90 Å². The first-order chi connectivity index (χ1) is 9.95. The van der Waals surface area contributed by atoms with Crippen molar-refractivity contribution in [3.05, 3.63) is 35.4 Å². The molecule has 116 valence electrons. The van der Waals surface area contributed by atoms with Crippen LogP contribution in [0.15, 0.2) is 24.3 Å². The highest BCUT2D eigenvalue weighted by Crippen LogP contribution is 2.30. The largest absolute Gasteiger partial charge is 0.306 e. The summed E-state index contributed by atoms with van der Waals surface area (Å²) < 4.78 is 0. The van der Waals surface area contributed by atoms with Gasteiger partial charge in [0.1, 0.15) is 0 Å². The van der Waals surface area contributed by atoms with Crippen molar-refractivity contribution in [2.75, 3.05) is 13.1 Å². The molecule has 1 N–H and O–H groups in total. The van der Waals surface area contributed by atoms with Gasteiger partial charge in [-0.05, 0) is 49.3 Å². The van der Waals surface area contributed by atoms with Gasteiger partial charge in [0, 0.05) is 24.7 Å². The maximum absolute atomic E-state index is 3.88. The molecule has 2 fully saturated rings. The van der Waals surface area contributed by atoms with E-state index in [1.807, 2.05) is 0 Å². The Morgan fingerprint density at radius 1 is 1.10 bits per heavy atom. The van der Waals surface area contributed by atoms with Gasteiger partial charge in [0.05, 0.1) is 0 Å². The molecule has 1 aromatic rings. The van der Waals surface area contributed by atoms with E-state index in [4.69, 9.17) is 0 Å². The van der Waals surface area contributed by atoms with E-state index >= 15 is 0 Å². The van der Waals surface area contributed by atoms with Crippen LogP contribution in [-0.4, -0.2) is 30.1 Å². The third-order valence-electron chi connectivity index (χ3n) is 5.35. The van der Waals surface area contributed by atoms with Gasteiger partial charge in [0.2, 0.25) is 0 Å².